The molecule has 24 heavy (non-hydrogen) atoms. The Hall–Kier alpha value is -1.69. The summed E-state index contributed by atoms with van der Waals surface area (Å²) >= 11 is 0. The van der Waals surface area contributed by atoms with Crippen molar-refractivity contribution in [1.29, 1.82) is 0 Å². The van der Waals surface area contributed by atoms with E-state index in [2.05, 4.69) is 15.5 Å². The molecule has 0 bridgehead atoms. The summed E-state index contributed by atoms with van der Waals surface area (Å²) < 4.78 is 26.4. The van der Waals surface area contributed by atoms with Crippen molar-refractivity contribution < 1.29 is 13.6 Å². The Kier molecular flexibility index (Phi) is 5.66. The van der Waals surface area contributed by atoms with Crippen LogP contribution in [0.15, 0.2) is 18.2 Å². The van der Waals surface area contributed by atoms with Gasteiger partial charge in [-0.25, -0.2) is 13.6 Å². The molecule has 0 spiro atoms. The molecule has 1 aliphatic carbocycles. The van der Waals surface area contributed by atoms with Gasteiger partial charge in [0, 0.05) is 31.7 Å². The van der Waals surface area contributed by atoms with Gasteiger partial charge in [0.15, 0.2) is 0 Å². The van der Waals surface area contributed by atoms with Gasteiger partial charge in [-0.3, -0.25) is 0 Å². The average molecular weight is 337 g/mol. The summed E-state index contributed by atoms with van der Waals surface area (Å²) in [6, 6.07) is 2.79. The number of benzene rings is 1. The topological polar surface area (TPSA) is 44.4 Å². The van der Waals surface area contributed by atoms with Gasteiger partial charge < -0.3 is 15.5 Å². The molecule has 1 aromatic rings. The van der Waals surface area contributed by atoms with E-state index >= 15 is 0 Å². The predicted molar refractivity (Wildman–Crippen MR) is 89.9 cm³/mol. The lowest BCUT2D eigenvalue weighted by atomic mass is 10.0. The highest BCUT2D eigenvalue weighted by molar-refractivity contribution is 5.89. The molecule has 1 aliphatic heterocycles. The first-order valence-corrected chi connectivity index (χ1v) is 8.85. The van der Waals surface area contributed by atoms with Crippen molar-refractivity contribution in [3.8, 4) is 0 Å². The van der Waals surface area contributed by atoms with Crippen molar-refractivity contribution in [3.63, 3.8) is 0 Å². The van der Waals surface area contributed by atoms with Crippen LogP contribution in [0.4, 0.5) is 19.3 Å². The van der Waals surface area contributed by atoms with Crippen molar-refractivity contribution in [2.75, 3.05) is 25.0 Å². The summed E-state index contributed by atoms with van der Waals surface area (Å²) in [7, 11) is 0. The van der Waals surface area contributed by atoms with E-state index in [1.165, 1.54) is 38.3 Å². The maximum atomic E-state index is 13.5. The number of amides is 2. The van der Waals surface area contributed by atoms with E-state index < -0.39 is 17.7 Å². The molecule has 1 saturated heterocycles. The number of rotatable bonds is 4. The van der Waals surface area contributed by atoms with E-state index in [1.54, 1.807) is 0 Å². The highest BCUT2D eigenvalue weighted by atomic mass is 19.1. The molecule has 2 fully saturated rings. The Bertz CT molecular complexity index is 567. The van der Waals surface area contributed by atoms with E-state index in [0.717, 1.165) is 44.0 Å². The zero-order chi connectivity index (χ0) is 16.9. The maximum absolute atomic E-state index is 13.5. The van der Waals surface area contributed by atoms with Crippen LogP contribution in [-0.2, 0) is 0 Å². The molecule has 4 nitrogen and oxygen atoms in total. The summed E-state index contributed by atoms with van der Waals surface area (Å²) in [5.41, 5.74) is -0.00688. The van der Waals surface area contributed by atoms with Crippen molar-refractivity contribution in [1.82, 2.24) is 10.2 Å². The molecule has 6 heteroatoms. The molecule has 132 valence electrons. The summed E-state index contributed by atoms with van der Waals surface area (Å²) in [5.74, 6) is -0.580. The molecule has 3 rings (SSSR count). The zero-order valence-electron chi connectivity index (χ0n) is 13.9. The third kappa shape index (κ3) is 4.66. The van der Waals surface area contributed by atoms with Crippen molar-refractivity contribution in [2.24, 2.45) is 5.92 Å². The number of nitrogens with one attached hydrogen (secondary N) is 2. The lowest BCUT2D eigenvalue weighted by Gasteiger charge is -2.33. The molecule has 2 amide bonds. The first kappa shape index (κ1) is 17.1. The van der Waals surface area contributed by atoms with E-state index in [9.17, 15) is 13.6 Å². The molecule has 0 radical (unpaired) electrons. The van der Waals surface area contributed by atoms with Crippen LogP contribution in [0.2, 0.25) is 0 Å². The summed E-state index contributed by atoms with van der Waals surface area (Å²) in [6.45, 7) is 3.17. The second-order valence-corrected chi connectivity index (χ2v) is 6.95. The van der Waals surface area contributed by atoms with Gasteiger partial charge in [0.2, 0.25) is 0 Å². The Balaban J connectivity index is 1.41. The molecule has 0 unspecified atom stereocenters. The van der Waals surface area contributed by atoms with E-state index in [1.807, 2.05) is 0 Å². The number of halogens is 2. The smallest absolute Gasteiger partial charge is 0.319 e. The summed E-state index contributed by atoms with van der Waals surface area (Å²) in [5, 5.41) is 5.34. The Labute approximate surface area is 141 Å². The second-order valence-electron chi connectivity index (χ2n) is 6.95. The Morgan fingerprint density at radius 1 is 1.12 bits per heavy atom. The van der Waals surface area contributed by atoms with Gasteiger partial charge in [-0.1, -0.05) is 12.8 Å². The minimum atomic E-state index is -0.767. The number of nitrogens with zero attached hydrogens (tertiary/aromatic N) is 1. The van der Waals surface area contributed by atoms with E-state index in [-0.39, 0.29) is 11.7 Å². The zero-order valence-corrected chi connectivity index (χ0v) is 13.9. The predicted octanol–water partition coefficient (Wildman–Crippen LogP) is 3.74. The molecule has 0 atom stereocenters. The lowest BCUT2D eigenvalue weighted by Crippen LogP contribution is -2.46. The first-order valence-electron chi connectivity index (χ1n) is 8.85. The number of carbonyl (C=O) groups is 1. The number of hydrogen-bond acceptors (Lipinski definition) is 2. The average Bonchev–Trinajstić information content (AvgIpc) is 3.05. The number of likely N-dealkylation sites (tertiary alicyclic amines) is 1. The maximum Gasteiger partial charge on any atom is 0.319 e. The molecular weight excluding hydrogens is 312 g/mol. The van der Waals surface area contributed by atoms with Crippen molar-refractivity contribution in [2.45, 2.75) is 44.6 Å². The fourth-order valence-electron chi connectivity index (χ4n) is 3.75. The molecule has 0 aromatic heterocycles. The number of anilines is 1. The van der Waals surface area contributed by atoms with Gasteiger partial charge >= 0.3 is 6.03 Å². The highest BCUT2D eigenvalue weighted by Gasteiger charge is 2.24. The standard InChI is InChI=1S/C18H25F2N3O/c19-14-5-6-17(16(20)11-14)22-18(24)21-15-7-9-23(10-8-15)12-13-3-1-2-4-13/h5-6,11,13,15H,1-4,7-10,12H2,(H2,21,22,24). The molecule has 1 saturated carbocycles. The van der Waals surface area contributed by atoms with Crippen LogP contribution in [0.1, 0.15) is 38.5 Å². The van der Waals surface area contributed by atoms with Gasteiger partial charge in [-0.05, 0) is 43.7 Å². The van der Waals surface area contributed by atoms with Crippen LogP contribution in [-0.4, -0.2) is 36.6 Å². The van der Waals surface area contributed by atoms with Crippen LogP contribution < -0.4 is 10.6 Å². The van der Waals surface area contributed by atoms with Gasteiger partial charge in [0.05, 0.1) is 5.69 Å². The van der Waals surface area contributed by atoms with Gasteiger partial charge in [0.1, 0.15) is 11.6 Å². The van der Waals surface area contributed by atoms with E-state index in [4.69, 9.17) is 0 Å². The molecule has 2 N–H and O–H groups in total. The molecule has 1 aromatic carbocycles. The Morgan fingerprint density at radius 3 is 2.50 bits per heavy atom. The third-order valence-electron chi connectivity index (χ3n) is 5.09. The molecule has 2 aliphatic rings. The van der Waals surface area contributed by atoms with Crippen LogP contribution in [0, 0.1) is 17.6 Å². The first-order chi connectivity index (χ1) is 11.6. The number of piperidine rings is 1. The van der Waals surface area contributed by atoms with Crippen LogP contribution in [0.25, 0.3) is 0 Å². The SMILES string of the molecule is O=C(Nc1ccc(F)cc1F)NC1CCN(CC2CCCC2)CC1. The number of urea groups is 1. The second kappa shape index (κ2) is 7.92. The van der Waals surface area contributed by atoms with Crippen LogP contribution in [0.3, 0.4) is 0 Å². The fraction of sp³-hybridized carbons (Fsp3) is 0.611. The summed E-state index contributed by atoms with van der Waals surface area (Å²) in [4.78, 5) is 14.5. The largest absolute Gasteiger partial charge is 0.335 e. The van der Waals surface area contributed by atoms with Gasteiger partial charge in [-0.2, -0.15) is 0 Å². The Morgan fingerprint density at radius 2 is 1.83 bits per heavy atom. The van der Waals surface area contributed by atoms with Crippen LogP contribution in [0.5, 0.6) is 0 Å². The molecular formula is C18H25F2N3O. The highest BCUT2D eigenvalue weighted by Crippen LogP contribution is 2.26. The lowest BCUT2D eigenvalue weighted by molar-refractivity contribution is 0.173. The third-order valence-corrected chi connectivity index (χ3v) is 5.09. The number of hydrogen-bond donors (Lipinski definition) is 2. The molecule has 1 heterocycles. The van der Waals surface area contributed by atoms with Gasteiger partial charge in [-0.15, -0.1) is 0 Å². The van der Waals surface area contributed by atoms with Gasteiger partial charge in [0.25, 0.3) is 0 Å². The number of carbonyl (C=O) groups excluding carboxylic acids is 1. The van der Waals surface area contributed by atoms with Crippen LogP contribution >= 0.6 is 0 Å². The minimum Gasteiger partial charge on any atom is -0.335 e. The fourth-order valence-corrected chi connectivity index (χ4v) is 3.75. The summed E-state index contributed by atoms with van der Waals surface area (Å²) in [6.07, 6.45) is 7.25. The quantitative estimate of drug-likeness (QED) is 0.879. The minimum absolute atomic E-state index is 0.00688. The monoisotopic (exact) mass is 337 g/mol. The van der Waals surface area contributed by atoms with E-state index in [0.29, 0.717) is 0 Å². The normalized spacial score (nSPS) is 20.2. The van der Waals surface area contributed by atoms with Crippen molar-refractivity contribution in [3.05, 3.63) is 29.8 Å². The van der Waals surface area contributed by atoms with Crippen molar-refractivity contribution >= 4 is 11.7 Å².